The highest BCUT2D eigenvalue weighted by Crippen LogP contribution is 2.13. The maximum atomic E-state index is 10.9. The van der Waals surface area contributed by atoms with E-state index in [0.29, 0.717) is 19.4 Å². The Kier molecular flexibility index (Phi) is 8.24. The molecule has 0 aliphatic rings. The minimum Gasteiger partial charge on any atom is -0.481 e. The largest absolute Gasteiger partial charge is 0.481 e. The number of allylic oxidation sites excluding steroid dienone is 1. The molecule has 6 heteroatoms. The minimum absolute atomic E-state index is 0.0903. The maximum Gasteiger partial charge on any atom is 0.332 e. The van der Waals surface area contributed by atoms with Crippen molar-refractivity contribution in [3.05, 3.63) is 11.6 Å². The summed E-state index contributed by atoms with van der Waals surface area (Å²) in [6.07, 6.45) is 4.18. The molecule has 19 heavy (non-hydrogen) atoms. The van der Waals surface area contributed by atoms with E-state index >= 15 is 0 Å². The fourth-order valence-electron chi connectivity index (χ4n) is 1.48. The number of aliphatic carboxylic acids is 2. The van der Waals surface area contributed by atoms with Gasteiger partial charge in [0.2, 0.25) is 0 Å². The summed E-state index contributed by atoms with van der Waals surface area (Å²) in [6.45, 7) is 3.05. The van der Waals surface area contributed by atoms with Gasteiger partial charge in [0.15, 0.2) is 0 Å². The molecule has 0 saturated heterocycles. The van der Waals surface area contributed by atoms with Gasteiger partial charge in [0.25, 0.3) is 0 Å². The van der Waals surface area contributed by atoms with E-state index in [-0.39, 0.29) is 11.5 Å². The second kappa shape index (κ2) is 9.13. The highest BCUT2D eigenvalue weighted by molar-refractivity contribution is 5.93. The zero-order chi connectivity index (χ0) is 14.8. The molecule has 0 aromatic heterocycles. The first-order valence-corrected chi connectivity index (χ1v) is 6.15. The van der Waals surface area contributed by atoms with E-state index in [1.165, 1.54) is 19.9 Å². The lowest BCUT2D eigenvalue weighted by atomic mass is 9.99. The number of ether oxygens (including phenoxy) is 1. The second-order valence-electron chi connectivity index (χ2n) is 4.21. The van der Waals surface area contributed by atoms with Crippen LogP contribution in [0.1, 0.15) is 39.5 Å². The zero-order valence-electron chi connectivity index (χ0n) is 11.2. The molecule has 108 valence electrons. The van der Waals surface area contributed by atoms with E-state index in [2.05, 4.69) is 0 Å². The maximum absolute atomic E-state index is 10.9. The Balaban J connectivity index is 4.03. The van der Waals surface area contributed by atoms with Gasteiger partial charge in [0.1, 0.15) is 0 Å². The number of carboxylic acids is 2. The number of hydrogen-bond acceptors (Lipinski definition) is 4. The number of hydrogen-bond donors (Lipinski definition) is 2. The predicted octanol–water partition coefficient (Wildman–Crippen LogP) is 1.84. The molecule has 6 nitrogen and oxygen atoms in total. The third-order valence-corrected chi connectivity index (χ3v) is 2.60. The average Bonchev–Trinajstić information content (AvgIpc) is 2.30. The summed E-state index contributed by atoms with van der Waals surface area (Å²) in [5, 5.41) is 17.7. The normalized spacial score (nSPS) is 12.8. The van der Waals surface area contributed by atoms with Crippen molar-refractivity contribution >= 4 is 17.9 Å². The van der Waals surface area contributed by atoms with E-state index < -0.39 is 17.9 Å². The number of unbranched alkanes of at least 4 members (excludes halogenated alkanes) is 3. The van der Waals surface area contributed by atoms with Crippen molar-refractivity contribution in [1.82, 2.24) is 0 Å². The molecule has 2 N–H and O–H groups in total. The summed E-state index contributed by atoms with van der Waals surface area (Å²) < 4.78 is 4.75. The quantitative estimate of drug-likeness (QED) is 0.377. The van der Waals surface area contributed by atoms with E-state index in [0.717, 1.165) is 12.8 Å². The molecule has 0 aliphatic heterocycles. The molecule has 0 saturated carbocycles. The summed E-state index contributed by atoms with van der Waals surface area (Å²) in [5.41, 5.74) is -0.0903. The Hall–Kier alpha value is -1.85. The first-order valence-electron chi connectivity index (χ1n) is 6.15. The molecule has 0 fully saturated rings. The van der Waals surface area contributed by atoms with Crippen LogP contribution in [-0.2, 0) is 19.1 Å². The van der Waals surface area contributed by atoms with Crippen LogP contribution in [0.4, 0.5) is 0 Å². The molecule has 1 atom stereocenters. The van der Waals surface area contributed by atoms with Gasteiger partial charge in [-0.15, -0.1) is 0 Å². The van der Waals surface area contributed by atoms with E-state index in [9.17, 15) is 14.4 Å². The molecule has 0 spiro atoms. The van der Waals surface area contributed by atoms with Crippen molar-refractivity contribution in [2.45, 2.75) is 39.5 Å². The lowest BCUT2D eigenvalue weighted by Gasteiger charge is -2.07. The van der Waals surface area contributed by atoms with Crippen LogP contribution in [-0.4, -0.2) is 34.7 Å². The van der Waals surface area contributed by atoms with Crippen LogP contribution >= 0.6 is 0 Å². The van der Waals surface area contributed by atoms with Gasteiger partial charge in [-0.3, -0.25) is 9.59 Å². The van der Waals surface area contributed by atoms with Crippen molar-refractivity contribution in [3.8, 4) is 0 Å². The van der Waals surface area contributed by atoms with Crippen LogP contribution in [0.25, 0.3) is 0 Å². The number of carbonyl (C=O) groups is 3. The number of rotatable bonds is 9. The monoisotopic (exact) mass is 272 g/mol. The molecule has 1 unspecified atom stereocenters. The zero-order valence-corrected chi connectivity index (χ0v) is 11.2. The topological polar surface area (TPSA) is 101 Å². The number of carboxylic acid groups (broad SMARTS) is 2. The first-order chi connectivity index (χ1) is 8.86. The fourth-order valence-corrected chi connectivity index (χ4v) is 1.48. The Morgan fingerprint density at radius 1 is 1.16 bits per heavy atom. The SMILES string of the molecule is CC(=O)OCCCCCC=C(C(=O)O)C(C)C(=O)O. The molecule has 0 aromatic rings. The van der Waals surface area contributed by atoms with E-state index in [1.54, 1.807) is 0 Å². The van der Waals surface area contributed by atoms with Crippen LogP contribution in [0.5, 0.6) is 0 Å². The predicted molar refractivity (Wildman–Crippen MR) is 67.6 cm³/mol. The summed E-state index contributed by atoms with van der Waals surface area (Å²) in [4.78, 5) is 32.1. The van der Waals surface area contributed by atoms with Crippen LogP contribution < -0.4 is 0 Å². The van der Waals surface area contributed by atoms with Gasteiger partial charge in [0.05, 0.1) is 12.5 Å². The van der Waals surface area contributed by atoms with Gasteiger partial charge in [0, 0.05) is 12.5 Å². The summed E-state index contributed by atoms with van der Waals surface area (Å²) in [7, 11) is 0. The minimum atomic E-state index is -1.20. The van der Waals surface area contributed by atoms with Crippen LogP contribution in [0.2, 0.25) is 0 Å². The lowest BCUT2D eigenvalue weighted by Crippen LogP contribution is -2.18. The Bertz CT molecular complexity index is 358. The van der Waals surface area contributed by atoms with Gasteiger partial charge in [-0.05, 0) is 32.6 Å². The standard InChI is InChI=1S/C13H20O6/c1-9(12(15)16)11(13(17)18)7-5-3-4-6-8-19-10(2)14/h7,9H,3-6,8H2,1-2H3,(H,15,16)(H,17,18). The van der Waals surface area contributed by atoms with Gasteiger partial charge >= 0.3 is 17.9 Å². The Morgan fingerprint density at radius 3 is 2.26 bits per heavy atom. The molecule has 0 heterocycles. The van der Waals surface area contributed by atoms with Crippen molar-refractivity contribution < 1.29 is 29.3 Å². The summed E-state index contributed by atoms with van der Waals surface area (Å²) >= 11 is 0. The van der Waals surface area contributed by atoms with Crippen molar-refractivity contribution in [2.75, 3.05) is 6.61 Å². The van der Waals surface area contributed by atoms with Crippen LogP contribution in [0.15, 0.2) is 11.6 Å². The number of carbonyl (C=O) groups excluding carboxylic acids is 1. The molecule has 0 aromatic carbocycles. The highest BCUT2D eigenvalue weighted by Gasteiger charge is 2.21. The van der Waals surface area contributed by atoms with E-state index in [1.807, 2.05) is 0 Å². The first kappa shape index (κ1) is 17.2. The smallest absolute Gasteiger partial charge is 0.332 e. The van der Waals surface area contributed by atoms with Gasteiger partial charge in [-0.1, -0.05) is 6.08 Å². The van der Waals surface area contributed by atoms with E-state index in [4.69, 9.17) is 14.9 Å². The van der Waals surface area contributed by atoms with Crippen molar-refractivity contribution in [1.29, 1.82) is 0 Å². The van der Waals surface area contributed by atoms with Crippen molar-refractivity contribution in [3.63, 3.8) is 0 Å². The third kappa shape index (κ3) is 7.96. The second-order valence-corrected chi connectivity index (χ2v) is 4.21. The highest BCUT2D eigenvalue weighted by atomic mass is 16.5. The summed E-state index contributed by atoms with van der Waals surface area (Å²) in [5.74, 6) is -3.68. The Morgan fingerprint density at radius 2 is 1.79 bits per heavy atom. The summed E-state index contributed by atoms with van der Waals surface area (Å²) in [6, 6.07) is 0. The van der Waals surface area contributed by atoms with Crippen LogP contribution in [0, 0.1) is 5.92 Å². The Labute approximate surface area is 112 Å². The number of esters is 1. The van der Waals surface area contributed by atoms with Crippen molar-refractivity contribution in [2.24, 2.45) is 5.92 Å². The lowest BCUT2D eigenvalue weighted by molar-refractivity contribution is -0.143. The molecule has 0 rings (SSSR count). The van der Waals surface area contributed by atoms with Gasteiger partial charge in [-0.25, -0.2) is 4.79 Å². The molecule has 0 bridgehead atoms. The van der Waals surface area contributed by atoms with Gasteiger partial charge < -0.3 is 14.9 Å². The molecular weight excluding hydrogens is 252 g/mol. The van der Waals surface area contributed by atoms with Crippen LogP contribution in [0.3, 0.4) is 0 Å². The fraction of sp³-hybridized carbons (Fsp3) is 0.615. The molecule has 0 aliphatic carbocycles. The average molecular weight is 272 g/mol. The third-order valence-electron chi connectivity index (χ3n) is 2.60. The molecular formula is C13H20O6. The molecule has 0 radical (unpaired) electrons. The van der Waals surface area contributed by atoms with Gasteiger partial charge in [-0.2, -0.15) is 0 Å². The molecule has 0 amide bonds.